The lowest BCUT2D eigenvalue weighted by Gasteiger charge is -2.35. The highest BCUT2D eigenvalue weighted by atomic mass is 16.1. The molecule has 0 aromatic rings. The van der Waals surface area contributed by atoms with E-state index in [-0.39, 0.29) is 0 Å². The summed E-state index contributed by atoms with van der Waals surface area (Å²) in [5.74, 6) is 0. The fourth-order valence-electron chi connectivity index (χ4n) is 3.87. The summed E-state index contributed by atoms with van der Waals surface area (Å²) in [4.78, 5) is 10.5. The Labute approximate surface area is 147 Å². The number of carbonyl (C=O) groups excluding carboxylic acids is 1. The van der Waals surface area contributed by atoms with Crippen LogP contribution in [0.3, 0.4) is 0 Å². The van der Waals surface area contributed by atoms with Gasteiger partial charge in [0, 0.05) is 0 Å². The van der Waals surface area contributed by atoms with Gasteiger partial charge in [-0.15, -0.1) is 0 Å². The molecule has 1 heteroatoms. The van der Waals surface area contributed by atoms with Crippen molar-refractivity contribution in [1.29, 1.82) is 0 Å². The number of rotatable bonds is 4. The summed E-state index contributed by atoms with van der Waals surface area (Å²) in [6.07, 6.45) is 20.2. The molecule has 1 nitrogen and oxygen atoms in total. The van der Waals surface area contributed by atoms with Gasteiger partial charge in [-0.25, -0.2) is 0 Å². The van der Waals surface area contributed by atoms with Crippen molar-refractivity contribution in [2.75, 3.05) is 0 Å². The van der Waals surface area contributed by atoms with E-state index >= 15 is 0 Å². The van der Waals surface area contributed by atoms with Crippen LogP contribution >= 0.6 is 0 Å². The highest BCUT2D eigenvalue weighted by Crippen LogP contribution is 2.44. The van der Waals surface area contributed by atoms with Crippen molar-refractivity contribution in [1.82, 2.24) is 0 Å². The largest absolute Gasteiger partial charge is 0.299 e. The third-order valence-corrected chi connectivity index (χ3v) is 5.43. The van der Waals surface area contributed by atoms with Gasteiger partial charge >= 0.3 is 0 Å². The summed E-state index contributed by atoms with van der Waals surface area (Å²) < 4.78 is 0. The van der Waals surface area contributed by atoms with Gasteiger partial charge in [0.1, 0.15) is 6.29 Å². The fourth-order valence-corrected chi connectivity index (χ4v) is 3.87. The predicted molar refractivity (Wildman–Crippen MR) is 104 cm³/mol. The second-order valence-electron chi connectivity index (χ2n) is 7.89. The molecule has 0 aromatic heterocycles. The van der Waals surface area contributed by atoms with Gasteiger partial charge < -0.3 is 0 Å². The van der Waals surface area contributed by atoms with Crippen LogP contribution in [-0.4, -0.2) is 6.29 Å². The minimum Gasteiger partial charge on any atom is -0.299 e. The number of hydrogen-bond acceptors (Lipinski definition) is 1. The minimum atomic E-state index is 0.315. The van der Waals surface area contributed by atoms with Gasteiger partial charge in [-0.05, 0) is 92.6 Å². The molecule has 24 heavy (non-hydrogen) atoms. The first-order chi connectivity index (χ1) is 11.4. The standard InChI is InChI=1S/C23H32O/c1-18(14-16-24)9-7-10-19(2)21-12-6-5-11-20-13-8-15-23(3,4)22(20)17-21/h7,9-10,14,16-17H,5-6,8,11-13,15H2,1-4H3/b9-7-,18-14+,19-10+,21-17?. The summed E-state index contributed by atoms with van der Waals surface area (Å²) in [6.45, 7) is 8.98. The van der Waals surface area contributed by atoms with E-state index in [1.165, 1.54) is 56.1 Å². The molecular formula is C23H32O. The summed E-state index contributed by atoms with van der Waals surface area (Å²) in [5.41, 5.74) is 7.45. The number of allylic oxidation sites excluding steroid dienone is 10. The molecule has 0 saturated carbocycles. The number of hydrogen-bond donors (Lipinski definition) is 0. The molecule has 2 aliphatic rings. The maximum Gasteiger partial charge on any atom is 0.143 e. The van der Waals surface area contributed by atoms with Crippen LogP contribution < -0.4 is 0 Å². The molecule has 0 fully saturated rings. The van der Waals surface area contributed by atoms with Crippen LogP contribution in [-0.2, 0) is 4.79 Å². The average molecular weight is 325 g/mol. The van der Waals surface area contributed by atoms with Crippen molar-refractivity contribution < 1.29 is 4.79 Å². The molecule has 0 saturated heterocycles. The topological polar surface area (TPSA) is 17.1 Å². The lowest BCUT2D eigenvalue weighted by Crippen LogP contribution is -2.21. The molecule has 0 aromatic carbocycles. The van der Waals surface area contributed by atoms with Crippen LogP contribution in [0.2, 0.25) is 0 Å². The van der Waals surface area contributed by atoms with Gasteiger partial charge in [0.2, 0.25) is 0 Å². The van der Waals surface area contributed by atoms with Crippen molar-refractivity contribution in [2.24, 2.45) is 5.41 Å². The molecule has 2 aliphatic carbocycles. The van der Waals surface area contributed by atoms with E-state index in [0.29, 0.717) is 5.41 Å². The zero-order valence-electron chi connectivity index (χ0n) is 15.8. The first-order valence-corrected chi connectivity index (χ1v) is 9.34. The Bertz CT molecular complexity index is 620. The summed E-state index contributed by atoms with van der Waals surface area (Å²) >= 11 is 0. The Morgan fingerprint density at radius 2 is 1.75 bits per heavy atom. The first kappa shape index (κ1) is 18.7. The average Bonchev–Trinajstić information content (AvgIpc) is 2.48. The predicted octanol–water partition coefficient (Wildman–Crippen LogP) is 6.64. The lowest BCUT2D eigenvalue weighted by atomic mass is 9.70. The van der Waals surface area contributed by atoms with Crippen LogP contribution in [0.5, 0.6) is 0 Å². The quantitative estimate of drug-likeness (QED) is 0.322. The van der Waals surface area contributed by atoms with Crippen LogP contribution in [0.1, 0.15) is 72.6 Å². The van der Waals surface area contributed by atoms with Crippen molar-refractivity contribution in [2.45, 2.75) is 72.6 Å². The summed E-state index contributed by atoms with van der Waals surface area (Å²) in [6, 6.07) is 0. The zero-order chi connectivity index (χ0) is 17.6. The SMILES string of the molecule is CC(/C=C\C=C(/C)C1=CC2=C(CCCC1)CCCC2(C)C)=C\C=O. The Hall–Kier alpha value is -1.63. The smallest absolute Gasteiger partial charge is 0.143 e. The van der Waals surface area contributed by atoms with E-state index in [9.17, 15) is 4.79 Å². The highest BCUT2D eigenvalue weighted by Gasteiger charge is 2.29. The molecule has 0 spiro atoms. The fraction of sp³-hybridized carbons (Fsp3) is 0.522. The Balaban J connectivity index is 2.30. The van der Waals surface area contributed by atoms with Crippen molar-refractivity contribution in [3.05, 3.63) is 58.2 Å². The van der Waals surface area contributed by atoms with Gasteiger partial charge in [0.25, 0.3) is 0 Å². The minimum absolute atomic E-state index is 0.315. The van der Waals surface area contributed by atoms with Crippen LogP contribution in [0.25, 0.3) is 0 Å². The molecular weight excluding hydrogens is 292 g/mol. The van der Waals surface area contributed by atoms with E-state index in [0.717, 1.165) is 11.9 Å². The van der Waals surface area contributed by atoms with Gasteiger partial charge in [-0.3, -0.25) is 4.79 Å². The van der Waals surface area contributed by atoms with Crippen LogP contribution in [0, 0.1) is 5.41 Å². The van der Waals surface area contributed by atoms with Crippen LogP contribution in [0.4, 0.5) is 0 Å². The van der Waals surface area contributed by atoms with Crippen LogP contribution in [0.15, 0.2) is 58.2 Å². The molecule has 0 aliphatic heterocycles. The van der Waals surface area contributed by atoms with E-state index in [4.69, 9.17) is 0 Å². The highest BCUT2D eigenvalue weighted by molar-refractivity contribution is 5.67. The van der Waals surface area contributed by atoms with Crippen molar-refractivity contribution in [3.63, 3.8) is 0 Å². The normalized spacial score (nSPS) is 22.8. The van der Waals surface area contributed by atoms with Crippen molar-refractivity contribution in [3.8, 4) is 0 Å². The maximum atomic E-state index is 10.5. The zero-order valence-corrected chi connectivity index (χ0v) is 15.8. The number of carbonyl (C=O) groups is 1. The Morgan fingerprint density at radius 1 is 1.04 bits per heavy atom. The van der Waals surface area contributed by atoms with E-state index in [1.54, 1.807) is 17.2 Å². The number of aldehydes is 1. The molecule has 0 N–H and O–H groups in total. The summed E-state index contributed by atoms with van der Waals surface area (Å²) in [7, 11) is 0. The van der Waals surface area contributed by atoms with E-state index in [2.05, 4.69) is 39.0 Å². The van der Waals surface area contributed by atoms with Gasteiger partial charge in [0.05, 0.1) is 0 Å². The second kappa shape index (κ2) is 8.46. The molecule has 0 radical (unpaired) electrons. The molecule has 0 amide bonds. The second-order valence-corrected chi connectivity index (χ2v) is 7.89. The van der Waals surface area contributed by atoms with Crippen molar-refractivity contribution >= 4 is 6.29 Å². The molecule has 0 heterocycles. The molecule has 2 rings (SSSR count). The van der Waals surface area contributed by atoms with Gasteiger partial charge in [0.15, 0.2) is 0 Å². The van der Waals surface area contributed by atoms with E-state index < -0.39 is 0 Å². The first-order valence-electron chi connectivity index (χ1n) is 9.34. The van der Waals surface area contributed by atoms with Gasteiger partial charge in [-0.1, -0.05) is 43.7 Å². The third kappa shape index (κ3) is 4.93. The molecule has 0 atom stereocenters. The lowest BCUT2D eigenvalue weighted by molar-refractivity contribution is -0.104. The monoisotopic (exact) mass is 324 g/mol. The Morgan fingerprint density at radius 3 is 2.50 bits per heavy atom. The van der Waals surface area contributed by atoms with Gasteiger partial charge in [-0.2, -0.15) is 0 Å². The molecule has 130 valence electrons. The summed E-state index contributed by atoms with van der Waals surface area (Å²) in [5, 5.41) is 0. The third-order valence-electron chi connectivity index (χ3n) is 5.43. The van der Waals surface area contributed by atoms with E-state index in [1.807, 2.05) is 13.0 Å². The molecule has 0 bridgehead atoms. The molecule has 0 unspecified atom stereocenters. The Kier molecular flexibility index (Phi) is 6.60. The maximum absolute atomic E-state index is 10.5.